The van der Waals surface area contributed by atoms with Crippen molar-refractivity contribution in [2.24, 2.45) is 5.73 Å². The van der Waals surface area contributed by atoms with Gasteiger partial charge in [0, 0.05) is 5.56 Å². The fraction of sp³-hybridized carbons (Fsp3) is 0.333. The van der Waals surface area contributed by atoms with E-state index in [2.05, 4.69) is 0 Å². The summed E-state index contributed by atoms with van der Waals surface area (Å²) in [7, 11) is 0. The maximum absolute atomic E-state index is 12.8. The number of aliphatic hydroxyl groups is 1. The Bertz CT molecular complexity index is 464. The van der Waals surface area contributed by atoms with Crippen molar-refractivity contribution in [1.82, 2.24) is 0 Å². The Morgan fingerprint density at radius 2 is 1.94 bits per heavy atom. The van der Waals surface area contributed by atoms with E-state index < -0.39 is 40.3 Å². The standard InChI is InChI=1S/C9H8F4N2O3/c10-4-1-2-5(6(3-4)15(17)18)7(14)8(16)9(11,12)13/h1-3,7-8,16H,14H2/t7-,8-/m0/s1. The number of halogens is 4. The molecule has 0 spiro atoms. The number of nitrogens with two attached hydrogens (primary N) is 1. The lowest BCUT2D eigenvalue weighted by molar-refractivity contribution is -0.386. The highest BCUT2D eigenvalue weighted by atomic mass is 19.4. The molecule has 0 bridgehead atoms. The van der Waals surface area contributed by atoms with Crippen molar-refractivity contribution in [2.75, 3.05) is 0 Å². The zero-order chi connectivity index (χ0) is 14.1. The van der Waals surface area contributed by atoms with Gasteiger partial charge in [0.2, 0.25) is 0 Å². The number of aliphatic hydroxyl groups excluding tert-OH is 1. The third kappa shape index (κ3) is 2.93. The smallest absolute Gasteiger partial charge is 0.382 e. The van der Waals surface area contributed by atoms with E-state index in [4.69, 9.17) is 10.8 Å². The highest BCUT2D eigenvalue weighted by molar-refractivity contribution is 5.43. The Hall–Kier alpha value is -1.74. The van der Waals surface area contributed by atoms with Crippen LogP contribution in [-0.2, 0) is 0 Å². The molecule has 0 aliphatic rings. The van der Waals surface area contributed by atoms with Crippen LogP contribution in [-0.4, -0.2) is 22.3 Å². The van der Waals surface area contributed by atoms with Gasteiger partial charge in [0.05, 0.1) is 17.0 Å². The molecule has 100 valence electrons. The predicted molar refractivity (Wildman–Crippen MR) is 52.0 cm³/mol. The highest BCUT2D eigenvalue weighted by Crippen LogP contribution is 2.33. The van der Waals surface area contributed by atoms with Crippen molar-refractivity contribution in [2.45, 2.75) is 18.3 Å². The molecule has 1 aromatic rings. The van der Waals surface area contributed by atoms with E-state index in [0.717, 1.165) is 12.1 Å². The Kier molecular flexibility index (Phi) is 3.87. The zero-order valence-corrected chi connectivity index (χ0v) is 8.69. The number of rotatable bonds is 3. The number of hydrogen-bond donors (Lipinski definition) is 2. The first kappa shape index (κ1) is 14.3. The Morgan fingerprint density at radius 1 is 1.39 bits per heavy atom. The van der Waals surface area contributed by atoms with Gasteiger partial charge in [0.25, 0.3) is 5.69 Å². The molecule has 0 aliphatic carbocycles. The van der Waals surface area contributed by atoms with Gasteiger partial charge in [-0.3, -0.25) is 10.1 Å². The summed E-state index contributed by atoms with van der Waals surface area (Å²) >= 11 is 0. The third-order valence-corrected chi connectivity index (χ3v) is 2.22. The van der Waals surface area contributed by atoms with Crippen LogP contribution in [0.1, 0.15) is 11.6 Å². The number of nitrogens with zero attached hydrogens (tertiary/aromatic N) is 1. The summed E-state index contributed by atoms with van der Waals surface area (Å²) in [6.07, 6.45) is -8.00. The average molecular weight is 268 g/mol. The van der Waals surface area contributed by atoms with Crippen molar-refractivity contribution < 1.29 is 27.6 Å². The molecule has 18 heavy (non-hydrogen) atoms. The lowest BCUT2D eigenvalue weighted by Gasteiger charge is -2.21. The zero-order valence-electron chi connectivity index (χ0n) is 8.69. The molecule has 0 fully saturated rings. The molecule has 0 aromatic heterocycles. The molecule has 2 atom stereocenters. The van der Waals surface area contributed by atoms with Gasteiger partial charge in [0.1, 0.15) is 5.82 Å². The van der Waals surface area contributed by atoms with Gasteiger partial charge >= 0.3 is 6.18 Å². The van der Waals surface area contributed by atoms with Crippen molar-refractivity contribution in [3.63, 3.8) is 0 Å². The van der Waals surface area contributed by atoms with Crippen LogP contribution < -0.4 is 5.73 Å². The van der Waals surface area contributed by atoms with Gasteiger partial charge in [-0.15, -0.1) is 0 Å². The number of nitro groups is 1. The normalized spacial score (nSPS) is 15.2. The molecular weight excluding hydrogens is 260 g/mol. The van der Waals surface area contributed by atoms with Gasteiger partial charge in [-0.05, 0) is 12.1 Å². The van der Waals surface area contributed by atoms with Crippen LogP contribution in [0, 0.1) is 15.9 Å². The summed E-state index contributed by atoms with van der Waals surface area (Å²) in [6.45, 7) is 0. The molecule has 0 aliphatic heterocycles. The molecule has 0 saturated heterocycles. The van der Waals surface area contributed by atoms with Crippen LogP contribution in [0.15, 0.2) is 18.2 Å². The van der Waals surface area contributed by atoms with Crippen LogP contribution in [0.4, 0.5) is 23.2 Å². The molecule has 9 heteroatoms. The van der Waals surface area contributed by atoms with Crippen molar-refractivity contribution >= 4 is 5.69 Å². The second-order valence-electron chi connectivity index (χ2n) is 3.47. The largest absolute Gasteiger partial charge is 0.416 e. The van der Waals surface area contributed by atoms with E-state index in [1.165, 1.54) is 0 Å². The quantitative estimate of drug-likeness (QED) is 0.495. The van der Waals surface area contributed by atoms with E-state index in [0.29, 0.717) is 6.07 Å². The topological polar surface area (TPSA) is 89.4 Å². The minimum atomic E-state index is -5.03. The van der Waals surface area contributed by atoms with Crippen molar-refractivity contribution in [1.29, 1.82) is 0 Å². The molecule has 1 aromatic carbocycles. The number of alkyl halides is 3. The van der Waals surface area contributed by atoms with Crippen LogP contribution >= 0.6 is 0 Å². The summed E-state index contributed by atoms with van der Waals surface area (Å²) in [6, 6.07) is -0.151. The minimum Gasteiger partial charge on any atom is -0.382 e. The van der Waals surface area contributed by atoms with Crippen molar-refractivity contribution in [3.05, 3.63) is 39.7 Å². The molecular formula is C9H8F4N2O3. The lowest BCUT2D eigenvalue weighted by atomic mass is 10.00. The summed E-state index contributed by atoms with van der Waals surface area (Å²) in [4.78, 5) is 9.50. The molecule has 5 nitrogen and oxygen atoms in total. The fourth-order valence-electron chi connectivity index (χ4n) is 1.33. The highest BCUT2D eigenvalue weighted by Gasteiger charge is 2.44. The molecule has 0 heterocycles. The molecule has 1 rings (SSSR count). The minimum absolute atomic E-state index is 0.443. The SMILES string of the molecule is N[C@@H](c1ccc(F)cc1[N+](=O)[O-])[C@H](O)C(F)(F)F. The Balaban J connectivity index is 3.21. The summed E-state index contributed by atoms with van der Waals surface area (Å²) < 4.78 is 49.4. The second kappa shape index (κ2) is 4.86. The van der Waals surface area contributed by atoms with Gasteiger partial charge in [-0.2, -0.15) is 13.2 Å². The maximum atomic E-state index is 12.8. The van der Waals surface area contributed by atoms with Gasteiger partial charge in [-0.1, -0.05) is 0 Å². The van der Waals surface area contributed by atoms with E-state index >= 15 is 0 Å². The van der Waals surface area contributed by atoms with E-state index in [1.54, 1.807) is 0 Å². The average Bonchev–Trinajstić information content (AvgIpc) is 2.25. The number of nitro benzene ring substituents is 1. The maximum Gasteiger partial charge on any atom is 0.416 e. The Labute approximate surface area is 98.0 Å². The van der Waals surface area contributed by atoms with E-state index in [1.807, 2.05) is 0 Å². The van der Waals surface area contributed by atoms with E-state index in [9.17, 15) is 27.7 Å². The fourth-order valence-corrected chi connectivity index (χ4v) is 1.33. The lowest BCUT2D eigenvalue weighted by Crippen LogP contribution is -2.39. The Morgan fingerprint density at radius 3 is 2.39 bits per heavy atom. The van der Waals surface area contributed by atoms with Crippen LogP contribution in [0.5, 0.6) is 0 Å². The van der Waals surface area contributed by atoms with Gasteiger partial charge < -0.3 is 10.8 Å². The van der Waals surface area contributed by atoms with Crippen molar-refractivity contribution in [3.8, 4) is 0 Å². The summed E-state index contributed by atoms with van der Waals surface area (Å²) in [5.74, 6) is -0.987. The predicted octanol–water partition coefficient (Wildman–Crippen LogP) is 1.66. The number of hydrogen-bond acceptors (Lipinski definition) is 4. The van der Waals surface area contributed by atoms with Crippen LogP contribution in [0.3, 0.4) is 0 Å². The molecule has 0 radical (unpaired) electrons. The van der Waals surface area contributed by atoms with Gasteiger partial charge in [0.15, 0.2) is 6.10 Å². The second-order valence-corrected chi connectivity index (χ2v) is 3.47. The molecule has 0 amide bonds. The third-order valence-electron chi connectivity index (χ3n) is 2.22. The van der Waals surface area contributed by atoms with Crippen LogP contribution in [0.2, 0.25) is 0 Å². The van der Waals surface area contributed by atoms with E-state index in [-0.39, 0.29) is 0 Å². The molecule has 0 saturated carbocycles. The first-order valence-electron chi connectivity index (χ1n) is 4.58. The van der Waals surface area contributed by atoms with Gasteiger partial charge in [-0.25, -0.2) is 4.39 Å². The van der Waals surface area contributed by atoms with Crippen LogP contribution in [0.25, 0.3) is 0 Å². The number of benzene rings is 1. The molecule has 3 N–H and O–H groups in total. The molecule has 0 unspecified atom stereocenters. The monoisotopic (exact) mass is 268 g/mol. The summed E-state index contributed by atoms with van der Waals surface area (Å²) in [5, 5.41) is 19.5. The first-order valence-corrected chi connectivity index (χ1v) is 4.58. The summed E-state index contributed by atoms with van der Waals surface area (Å²) in [5.41, 5.74) is 3.61. The first-order chi connectivity index (χ1) is 8.14.